The highest BCUT2D eigenvalue weighted by atomic mass is 35.5. The Morgan fingerprint density at radius 2 is 1.68 bits per heavy atom. The first-order valence-electron chi connectivity index (χ1n) is 6.01. The van der Waals surface area contributed by atoms with Gasteiger partial charge in [-0.15, -0.1) is 0 Å². The minimum absolute atomic E-state index is 0.203. The highest BCUT2D eigenvalue weighted by Crippen LogP contribution is 2.29. The Morgan fingerprint density at radius 1 is 1.00 bits per heavy atom. The van der Waals surface area contributed by atoms with Crippen LogP contribution in [-0.4, -0.2) is 6.54 Å². The Hall–Kier alpha value is -1.45. The molecule has 0 aliphatic carbocycles. The molecule has 0 aliphatic rings. The predicted molar refractivity (Wildman–Crippen MR) is 73.3 cm³/mol. The largest absolute Gasteiger partial charge is 0.330 e. The fourth-order valence-corrected chi connectivity index (χ4v) is 2.45. The van der Waals surface area contributed by atoms with Crippen LogP contribution in [0.3, 0.4) is 0 Å². The Balaban J connectivity index is 2.34. The van der Waals surface area contributed by atoms with Crippen LogP contribution in [0.4, 0.5) is 8.78 Å². The Morgan fingerprint density at radius 3 is 2.32 bits per heavy atom. The van der Waals surface area contributed by atoms with Gasteiger partial charge in [-0.3, -0.25) is 0 Å². The fraction of sp³-hybridized carbons (Fsp3) is 0.200. The lowest BCUT2D eigenvalue weighted by Crippen LogP contribution is -2.17. The van der Waals surface area contributed by atoms with Crippen LogP contribution in [0.5, 0.6) is 0 Å². The van der Waals surface area contributed by atoms with Crippen LogP contribution < -0.4 is 5.73 Å². The van der Waals surface area contributed by atoms with Gasteiger partial charge in [-0.25, -0.2) is 8.78 Å². The van der Waals surface area contributed by atoms with Crippen molar-refractivity contribution >= 4 is 11.6 Å². The molecular weight excluding hydrogens is 268 g/mol. The molecule has 2 rings (SSSR count). The summed E-state index contributed by atoms with van der Waals surface area (Å²) < 4.78 is 27.5. The quantitative estimate of drug-likeness (QED) is 0.904. The van der Waals surface area contributed by atoms with Gasteiger partial charge in [0, 0.05) is 16.5 Å². The van der Waals surface area contributed by atoms with Crippen LogP contribution >= 0.6 is 11.6 Å². The monoisotopic (exact) mass is 281 g/mol. The molecule has 0 spiro atoms. The van der Waals surface area contributed by atoms with Gasteiger partial charge >= 0.3 is 0 Å². The number of rotatable bonds is 4. The van der Waals surface area contributed by atoms with E-state index in [2.05, 4.69) is 0 Å². The second kappa shape index (κ2) is 6.13. The lowest BCUT2D eigenvalue weighted by molar-refractivity contribution is 0.559. The Kier molecular flexibility index (Phi) is 4.51. The van der Waals surface area contributed by atoms with Crippen LogP contribution in [0, 0.1) is 11.6 Å². The maximum atomic E-state index is 13.9. The van der Waals surface area contributed by atoms with Crippen LogP contribution in [0.15, 0.2) is 42.5 Å². The van der Waals surface area contributed by atoms with E-state index in [4.69, 9.17) is 17.3 Å². The third-order valence-corrected chi connectivity index (χ3v) is 3.45. The smallest absolute Gasteiger partial charge is 0.128 e. The van der Waals surface area contributed by atoms with E-state index in [1.165, 1.54) is 18.2 Å². The molecule has 100 valence electrons. The van der Waals surface area contributed by atoms with Gasteiger partial charge in [0.25, 0.3) is 0 Å². The molecule has 1 atom stereocenters. The maximum Gasteiger partial charge on any atom is 0.128 e. The zero-order chi connectivity index (χ0) is 13.8. The standard InChI is InChI=1S/C15H14ClF2N/c16-12-5-3-7-14(18)15(12)11(9-19)8-10-4-1-2-6-13(10)17/h1-7,11H,8-9,19H2. The van der Waals surface area contributed by atoms with E-state index >= 15 is 0 Å². The van der Waals surface area contributed by atoms with Crippen LogP contribution in [0.1, 0.15) is 17.0 Å². The van der Waals surface area contributed by atoms with Crippen molar-refractivity contribution in [3.05, 3.63) is 70.2 Å². The summed E-state index contributed by atoms with van der Waals surface area (Å²) in [4.78, 5) is 0. The van der Waals surface area contributed by atoms with Gasteiger partial charge in [0.1, 0.15) is 11.6 Å². The minimum atomic E-state index is -0.403. The summed E-state index contributed by atoms with van der Waals surface area (Å²) in [5, 5.41) is 0.326. The highest BCUT2D eigenvalue weighted by molar-refractivity contribution is 6.31. The predicted octanol–water partition coefficient (Wildman–Crippen LogP) is 3.90. The van der Waals surface area contributed by atoms with Crippen LogP contribution in [-0.2, 0) is 6.42 Å². The van der Waals surface area contributed by atoms with Crippen molar-refractivity contribution in [1.29, 1.82) is 0 Å². The average molecular weight is 282 g/mol. The number of halogens is 3. The summed E-state index contributed by atoms with van der Waals surface area (Å²) in [6.45, 7) is 0.203. The molecule has 1 nitrogen and oxygen atoms in total. The van der Waals surface area contributed by atoms with Crippen molar-refractivity contribution < 1.29 is 8.78 Å². The van der Waals surface area contributed by atoms with Gasteiger partial charge in [-0.1, -0.05) is 35.9 Å². The third kappa shape index (κ3) is 3.11. The van der Waals surface area contributed by atoms with Crippen molar-refractivity contribution in [2.45, 2.75) is 12.3 Å². The van der Waals surface area contributed by atoms with E-state index in [9.17, 15) is 8.78 Å². The number of hydrogen-bond acceptors (Lipinski definition) is 1. The molecule has 0 aromatic heterocycles. The van der Waals surface area contributed by atoms with E-state index in [-0.39, 0.29) is 18.3 Å². The SMILES string of the molecule is NCC(Cc1ccccc1F)c1c(F)cccc1Cl. The van der Waals surface area contributed by atoms with Crippen molar-refractivity contribution in [3.8, 4) is 0 Å². The molecule has 0 aliphatic heterocycles. The third-order valence-electron chi connectivity index (χ3n) is 3.12. The Labute approximate surface area is 116 Å². The van der Waals surface area contributed by atoms with Crippen LogP contribution in [0.25, 0.3) is 0 Å². The topological polar surface area (TPSA) is 26.0 Å². The van der Waals surface area contributed by atoms with Crippen molar-refractivity contribution in [2.75, 3.05) is 6.54 Å². The van der Waals surface area contributed by atoms with E-state index in [0.717, 1.165) is 0 Å². The van der Waals surface area contributed by atoms with Gasteiger partial charge in [0.05, 0.1) is 0 Å². The van der Waals surface area contributed by atoms with Crippen LogP contribution in [0.2, 0.25) is 5.02 Å². The molecule has 0 fully saturated rings. The molecule has 0 bridgehead atoms. The molecule has 0 radical (unpaired) electrons. The normalized spacial score (nSPS) is 12.4. The number of benzene rings is 2. The molecular formula is C15H14ClF2N. The molecule has 4 heteroatoms. The van der Waals surface area contributed by atoms with Gasteiger partial charge in [0.15, 0.2) is 0 Å². The molecule has 0 amide bonds. The van der Waals surface area contributed by atoms with E-state index in [1.807, 2.05) is 0 Å². The first-order valence-corrected chi connectivity index (χ1v) is 6.38. The van der Waals surface area contributed by atoms with Gasteiger partial charge < -0.3 is 5.73 Å². The van der Waals surface area contributed by atoms with Gasteiger partial charge in [0.2, 0.25) is 0 Å². The molecule has 0 heterocycles. The summed E-state index contributed by atoms with van der Waals surface area (Å²) >= 11 is 6.02. The average Bonchev–Trinajstić information content (AvgIpc) is 2.39. The minimum Gasteiger partial charge on any atom is -0.330 e. The second-order valence-electron chi connectivity index (χ2n) is 4.36. The molecule has 2 aromatic rings. The van der Waals surface area contributed by atoms with E-state index in [0.29, 0.717) is 22.6 Å². The summed E-state index contributed by atoms with van der Waals surface area (Å²) in [6, 6.07) is 10.9. The maximum absolute atomic E-state index is 13.9. The molecule has 0 saturated carbocycles. The van der Waals surface area contributed by atoms with Crippen molar-refractivity contribution in [2.24, 2.45) is 5.73 Å². The van der Waals surface area contributed by atoms with Crippen molar-refractivity contribution in [3.63, 3.8) is 0 Å². The molecule has 2 N–H and O–H groups in total. The van der Waals surface area contributed by atoms with E-state index in [1.54, 1.807) is 24.3 Å². The zero-order valence-electron chi connectivity index (χ0n) is 10.2. The fourth-order valence-electron chi connectivity index (χ4n) is 2.13. The summed E-state index contributed by atoms with van der Waals surface area (Å²) in [5.41, 5.74) is 6.56. The lowest BCUT2D eigenvalue weighted by atomic mass is 9.91. The lowest BCUT2D eigenvalue weighted by Gasteiger charge is -2.18. The summed E-state index contributed by atoms with van der Waals surface area (Å²) in [5.74, 6) is -1.06. The summed E-state index contributed by atoms with van der Waals surface area (Å²) in [7, 11) is 0. The Bertz CT molecular complexity index is 552. The molecule has 19 heavy (non-hydrogen) atoms. The molecule has 1 unspecified atom stereocenters. The van der Waals surface area contributed by atoms with Crippen molar-refractivity contribution in [1.82, 2.24) is 0 Å². The van der Waals surface area contributed by atoms with Gasteiger partial charge in [-0.2, -0.15) is 0 Å². The summed E-state index contributed by atoms with van der Waals surface area (Å²) in [6.07, 6.45) is 0.323. The first-order chi connectivity index (χ1) is 9.13. The first kappa shape index (κ1) is 14.0. The number of nitrogens with two attached hydrogens (primary N) is 1. The highest BCUT2D eigenvalue weighted by Gasteiger charge is 2.19. The molecule has 0 saturated heterocycles. The number of hydrogen-bond donors (Lipinski definition) is 1. The zero-order valence-corrected chi connectivity index (χ0v) is 11.0. The second-order valence-corrected chi connectivity index (χ2v) is 4.77. The van der Waals surface area contributed by atoms with Gasteiger partial charge in [-0.05, 0) is 36.7 Å². The molecule has 2 aromatic carbocycles. The van der Waals surface area contributed by atoms with E-state index < -0.39 is 5.82 Å².